The first-order valence-corrected chi connectivity index (χ1v) is 8.64. The number of hydrogen-bond acceptors (Lipinski definition) is 3. The highest BCUT2D eigenvalue weighted by molar-refractivity contribution is 5.90. The average molecular weight is 323 g/mol. The molecule has 1 amide bonds. The molecule has 4 nitrogen and oxygen atoms in total. The van der Waals surface area contributed by atoms with Gasteiger partial charge in [-0.15, -0.1) is 0 Å². The molecule has 0 fully saturated rings. The minimum atomic E-state index is 0.0742. The average Bonchev–Trinajstić information content (AvgIpc) is 2.62. The molecule has 0 saturated heterocycles. The second-order valence-corrected chi connectivity index (χ2v) is 5.79. The highest BCUT2D eigenvalue weighted by Gasteiger charge is 2.02. The summed E-state index contributed by atoms with van der Waals surface area (Å²) in [6.45, 7) is 2.19. The van der Waals surface area contributed by atoms with Gasteiger partial charge in [-0.2, -0.15) is 10.2 Å². The Labute approximate surface area is 144 Å². The van der Waals surface area contributed by atoms with Gasteiger partial charge in [0, 0.05) is 12.1 Å². The van der Waals surface area contributed by atoms with Crippen molar-refractivity contribution in [3.63, 3.8) is 0 Å². The number of hydrogen-bond donors (Lipinski definition) is 1. The molecule has 4 heteroatoms. The van der Waals surface area contributed by atoms with Crippen LogP contribution in [0.25, 0.3) is 0 Å². The van der Waals surface area contributed by atoms with Crippen molar-refractivity contribution in [2.24, 2.45) is 10.2 Å². The molecule has 0 aliphatic heterocycles. The maximum absolute atomic E-state index is 11.9. The van der Waals surface area contributed by atoms with Gasteiger partial charge in [-0.25, -0.2) is 0 Å². The highest BCUT2D eigenvalue weighted by Crippen LogP contribution is 2.20. The molecule has 0 radical (unpaired) electrons. The van der Waals surface area contributed by atoms with Gasteiger partial charge in [0.05, 0.1) is 11.4 Å². The van der Waals surface area contributed by atoms with E-state index in [2.05, 4.69) is 22.5 Å². The SMILES string of the molecule is CCCCCCCC(=O)Nc1ccc(N=Nc2ccccc2)cc1. The Hall–Kier alpha value is -2.49. The fourth-order valence-electron chi connectivity index (χ4n) is 2.33. The number of benzene rings is 2. The van der Waals surface area contributed by atoms with Crippen molar-refractivity contribution in [3.05, 3.63) is 54.6 Å². The van der Waals surface area contributed by atoms with E-state index in [0.717, 1.165) is 29.9 Å². The predicted molar refractivity (Wildman–Crippen MR) is 99.1 cm³/mol. The van der Waals surface area contributed by atoms with Crippen LogP contribution in [0.15, 0.2) is 64.8 Å². The van der Waals surface area contributed by atoms with Gasteiger partial charge in [-0.3, -0.25) is 4.79 Å². The number of unbranched alkanes of at least 4 members (excludes halogenated alkanes) is 4. The van der Waals surface area contributed by atoms with E-state index in [4.69, 9.17) is 0 Å². The molecule has 2 aromatic carbocycles. The molecule has 2 aromatic rings. The molecule has 0 aliphatic rings. The zero-order valence-corrected chi connectivity index (χ0v) is 14.2. The molecule has 0 spiro atoms. The molecule has 126 valence electrons. The van der Waals surface area contributed by atoms with Crippen LogP contribution in [0.2, 0.25) is 0 Å². The van der Waals surface area contributed by atoms with Crippen molar-refractivity contribution in [1.29, 1.82) is 0 Å². The van der Waals surface area contributed by atoms with Crippen LogP contribution in [0, 0.1) is 0 Å². The Kier molecular flexibility index (Phi) is 7.68. The second kappa shape index (κ2) is 10.3. The monoisotopic (exact) mass is 323 g/mol. The summed E-state index contributed by atoms with van der Waals surface area (Å²) >= 11 is 0. The van der Waals surface area contributed by atoms with Crippen molar-refractivity contribution in [2.45, 2.75) is 45.4 Å². The lowest BCUT2D eigenvalue weighted by Crippen LogP contribution is -2.10. The zero-order valence-electron chi connectivity index (χ0n) is 14.2. The summed E-state index contributed by atoms with van der Waals surface area (Å²) in [4.78, 5) is 11.9. The van der Waals surface area contributed by atoms with Gasteiger partial charge in [0.25, 0.3) is 0 Å². The number of nitrogens with zero attached hydrogens (tertiary/aromatic N) is 2. The summed E-state index contributed by atoms with van der Waals surface area (Å²) in [5, 5.41) is 11.3. The fourth-order valence-corrected chi connectivity index (χ4v) is 2.33. The maximum atomic E-state index is 11.9. The van der Waals surface area contributed by atoms with Crippen LogP contribution in [0.5, 0.6) is 0 Å². The molecule has 0 heterocycles. The minimum Gasteiger partial charge on any atom is -0.326 e. The number of carbonyl (C=O) groups is 1. The topological polar surface area (TPSA) is 53.8 Å². The van der Waals surface area contributed by atoms with Crippen LogP contribution in [-0.2, 0) is 4.79 Å². The Morgan fingerprint density at radius 1 is 0.833 bits per heavy atom. The molecule has 0 aromatic heterocycles. The maximum Gasteiger partial charge on any atom is 0.224 e. The number of carbonyl (C=O) groups excluding carboxylic acids is 1. The van der Waals surface area contributed by atoms with Crippen LogP contribution in [-0.4, -0.2) is 5.91 Å². The van der Waals surface area contributed by atoms with E-state index in [-0.39, 0.29) is 5.91 Å². The van der Waals surface area contributed by atoms with Crippen molar-refractivity contribution in [2.75, 3.05) is 5.32 Å². The molecule has 2 rings (SSSR count). The number of rotatable bonds is 9. The third kappa shape index (κ3) is 6.73. The largest absolute Gasteiger partial charge is 0.326 e. The van der Waals surface area contributed by atoms with Gasteiger partial charge in [0.15, 0.2) is 0 Å². The van der Waals surface area contributed by atoms with Crippen molar-refractivity contribution >= 4 is 23.0 Å². The smallest absolute Gasteiger partial charge is 0.224 e. The molecule has 0 atom stereocenters. The van der Waals surface area contributed by atoms with Gasteiger partial charge in [-0.1, -0.05) is 50.8 Å². The van der Waals surface area contributed by atoms with Crippen molar-refractivity contribution in [1.82, 2.24) is 0 Å². The summed E-state index contributed by atoms with van der Waals surface area (Å²) in [5.74, 6) is 0.0742. The second-order valence-electron chi connectivity index (χ2n) is 5.79. The molecule has 1 N–H and O–H groups in total. The Bertz CT molecular complexity index is 636. The van der Waals surface area contributed by atoms with Crippen LogP contribution in [0.3, 0.4) is 0 Å². The van der Waals surface area contributed by atoms with E-state index >= 15 is 0 Å². The third-order valence-corrected chi connectivity index (χ3v) is 3.70. The molecule has 24 heavy (non-hydrogen) atoms. The Morgan fingerprint density at radius 2 is 1.46 bits per heavy atom. The Balaban J connectivity index is 1.77. The molecule has 0 saturated carbocycles. The molecular weight excluding hydrogens is 298 g/mol. The van der Waals surface area contributed by atoms with Gasteiger partial charge in [-0.05, 0) is 42.8 Å². The normalized spacial score (nSPS) is 10.9. The van der Waals surface area contributed by atoms with E-state index in [1.54, 1.807) is 0 Å². The summed E-state index contributed by atoms with van der Waals surface area (Å²) in [6.07, 6.45) is 6.35. The fraction of sp³-hybridized carbons (Fsp3) is 0.350. The van der Waals surface area contributed by atoms with Crippen LogP contribution in [0.1, 0.15) is 45.4 Å². The lowest BCUT2D eigenvalue weighted by Gasteiger charge is -2.05. The molecule has 0 unspecified atom stereocenters. The minimum absolute atomic E-state index is 0.0742. The first-order valence-electron chi connectivity index (χ1n) is 8.64. The van der Waals surface area contributed by atoms with E-state index in [1.165, 1.54) is 19.3 Å². The summed E-state index contributed by atoms with van der Waals surface area (Å²) < 4.78 is 0. The first-order chi connectivity index (χ1) is 11.8. The summed E-state index contributed by atoms with van der Waals surface area (Å²) in [5.41, 5.74) is 2.38. The van der Waals surface area contributed by atoms with E-state index < -0.39 is 0 Å². The van der Waals surface area contributed by atoms with E-state index in [0.29, 0.717) is 6.42 Å². The summed E-state index contributed by atoms with van der Waals surface area (Å²) in [6, 6.07) is 17.0. The number of anilines is 1. The first kappa shape index (κ1) is 17.9. The number of amides is 1. The quantitative estimate of drug-likeness (QED) is 0.421. The number of azo groups is 1. The standard InChI is InChI=1S/C20H25N3O/c1-2-3-4-5-9-12-20(24)21-17-13-15-19(16-14-17)23-22-18-10-7-6-8-11-18/h6-8,10-11,13-16H,2-5,9,12H2,1H3,(H,21,24). The molecule has 0 bridgehead atoms. The zero-order chi connectivity index (χ0) is 17.0. The van der Waals surface area contributed by atoms with E-state index in [1.807, 2.05) is 54.6 Å². The lowest BCUT2D eigenvalue weighted by molar-refractivity contribution is -0.116. The molecule has 0 aliphatic carbocycles. The van der Waals surface area contributed by atoms with Crippen LogP contribution >= 0.6 is 0 Å². The van der Waals surface area contributed by atoms with E-state index in [9.17, 15) is 4.79 Å². The Morgan fingerprint density at radius 3 is 2.12 bits per heavy atom. The van der Waals surface area contributed by atoms with Crippen molar-refractivity contribution < 1.29 is 4.79 Å². The third-order valence-electron chi connectivity index (χ3n) is 3.70. The van der Waals surface area contributed by atoms with Gasteiger partial charge < -0.3 is 5.32 Å². The van der Waals surface area contributed by atoms with Crippen LogP contribution < -0.4 is 5.32 Å². The molecular formula is C20H25N3O. The predicted octanol–water partition coefficient (Wildman–Crippen LogP) is 6.40. The van der Waals surface area contributed by atoms with Gasteiger partial charge in [0.2, 0.25) is 5.91 Å². The highest BCUT2D eigenvalue weighted by atomic mass is 16.1. The number of nitrogens with one attached hydrogen (secondary N) is 1. The summed E-state index contributed by atoms with van der Waals surface area (Å²) in [7, 11) is 0. The van der Waals surface area contributed by atoms with Gasteiger partial charge in [0.1, 0.15) is 0 Å². The van der Waals surface area contributed by atoms with Gasteiger partial charge >= 0.3 is 0 Å². The van der Waals surface area contributed by atoms with Crippen LogP contribution in [0.4, 0.5) is 17.1 Å². The van der Waals surface area contributed by atoms with Crippen molar-refractivity contribution in [3.8, 4) is 0 Å². The lowest BCUT2D eigenvalue weighted by atomic mass is 10.1.